The van der Waals surface area contributed by atoms with Crippen molar-refractivity contribution in [2.75, 3.05) is 33.9 Å². The van der Waals surface area contributed by atoms with Crippen molar-refractivity contribution in [2.45, 2.75) is 26.5 Å². The van der Waals surface area contributed by atoms with Crippen LogP contribution in [0.1, 0.15) is 24.5 Å². The summed E-state index contributed by atoms with van der Waals surface area (Å²) in [5, 5.41) is 6.54. The molecular formula is C16H27N3O2. The van der Waals surface area contributed by atoms with E-state index in [-0.39, 0.29) is 0 Å². The number of nitrogens with zero attached hydrogens (tertiary/aromatic N) is 1. The standard InChI is InChI=1S/C16H27N3O2/c1-4-17-16(18-10-5-11-20-2)19-12-14-6-8-15(9-7-14)13-21-3/h6-9H,4-5,10-13H2,1-3H3,(H2,17,18,19). The average molecular weight is 293 g/mol. The third kappa shape index (κ3) is 7.68. The Balaban J connectivity index is 2.47. The second kappa shape index (κ2) is 11.1. The maximum atomic E-state index is 5.10. The van der Waals surface area contributed by atoms with E-state index in [2.05, 4.69) is 46.8 Å². The Morgan fingerprint density at radius 3 is 2.38 bits per heavy atom. The van der Waals surface area contributed by atoms with E-state index < -0.39 is 0 Å². The van der Waals surface area contributed by atoms with Gasteiger partial charge >= 0.3 is 0 Å². The second-order valence-corrected chi connectivity index (χ2v) is 4.72. The highest BCUT2D eigenvalue weighted by molar-refractivity contribution is 5.79. The predicted molar refractivity (Wildman–Crippen MR) is 86.5 cm³/mol. The van der Waals surface area contributed by atoms with Crippen LogP contribution in [0.3, 0.4) is 0 Å². The first-order valence-corrected chi connectivity index (χ1v) is 7.38. The van der Waals surface area contributed by atoms with Crippen molar-refractivity contribution in [1.29, 1.82) is 0 Å². The van der Waals surface area contributed by atoms with Gasteiger partial charge in [0, 0.05) is 33.9 Å². The van der Waals surface area contributed by atoms with Crippen LogP contribution in [0.5, 0.6) is 0 Å². The number of methoxy groups -OCH3 is 2. The molecule has 0 saturated heterocycles. The molecule has 5 heteroatoms. The number of nitrogens with one attached hydrogen (secondary N) is 2. The lowest BCUT2D eigenvalue weighted by molar-refractivity contribution is 0.185. The van der Waals surface area contributed by atoms with Crippen LogP contribution in [-0.2, 0) is 22.6 Å². The molecule has 0 spiro atoms. The minimum Gasteiger partial charge on any atom is -0.385 e. The molecule has 1 aromatic rings. The highest BCUT2D eigenvalue weighted by Gasteiger charge is 1.98. The van der Waals surface area contributed by atoms with Gasteiger partial charge in [0.25, 0.3) is 0 Å². The molecule has 0 aliphatic rings. The summed E-state index contributed by atoms with van der Waals surface area (Å²) in [5.74, 6) is 0.842. The van der Waals surface area contributed by atoms with E-state index >= 15 is 0 Å². The summed E-state index contributed by atoms with van der Waals surface area (Å²) in [4.78, 5) is 4.58. The van der Waals surface area contributed by atoms with Crippen molar-refractivity contribution in [3.05, 3.63) is 35.4 Å². The zero-order chi connectivity index (χ0) is 15.3. The van der Waals surface area contributed by atoms with Crippen LogP contribution in [-0.4, -0.2) is 39.9 Å². The van der Waals surface area contributed by atoms with Gasteiger partial charge in [0.2, 0.25) is 0 Å². The monoisotopic (exact) mass is 293 g/mol. The Kier molecular flexibility index (Phi) is 9.24. The molecule has 1 aromatic carbocycles. The van der Waals surface area contributed by atoms with E-state index in [0.29, 0.717) is 13.2 Å². The van der Waals surface area contributed by atoms with Gasteiger partial charge < -0.3 is 20.1 Å². The smallest absolute Gasteiger partial charge is 0.191 e. The highest BCUT2D eigenvalue weighted by atomic mass is 16.5. The molecule has 0 heterocycles. The van der Waals surface area contributed by atoms with E-state index in [9.17, 15) is 0 Å². The quantitative estimate of drug-likeness (QED) is 0.415. The summed E-state index contributed by atoms with van der Waals surface area (Å²) < 4.78 is 10.1. The van der Waals surface area contributed by atoms with Crippen molar-refractivity contribution < 1.29 is 9.47 Å². The zero-order valence-electron chi connectivity index (χ0n) is 13.3. The fourth-order valence-electron chi connectivity index (χ4n) is 1.84. The maximum absolute atomic E-state index is 5.10. The fraction of sp³-hybridized carbons (Fsp3) is 0.562. The number of benzene rings is 1. The highest BCUT2D eigenvalue weighted by Crippen LogP contribution is 2.06. The van der Waals surface area contributed by atoms with Gasteiger partial charge in [-0.15, -0.1) is 0 Å². The van der Waals surface area contributed by atoms with Crippen molar-refractivity contribution in [3.8, 4) is 0 Å². The molecule has 0 amide bonds. The minimum absolute atomic E-state index is 0.646. The molecule has 0 fully saturated rings. The van der Waals surface area contributed by atoms with Crippen molar-refractivity contribution >= 4 is 5.96 Å². The Bertz CT molecular complexity index is 404. The van der Waals surface area contributed by atoms with Crippen LogP contribution >= 0.6 is 0 Å². The summed E-state index contributed by atoms with van der Waals surface area (Å²) in [7, 11) is 3.42. The normalized spacial score (nSPS) is 11.5. The molecule has 0 aliphatic carbocycles. The molecule has 0 aromatic heterocycles. The lowest BCUT2D eigenvalue weighted by Gasteiger charge is -2.11. The first-order chi connectivity index (χ1) is 10.3. The number of hydrogen-bond donors (Lipinski definition) is 2. The van der Waals surface area contributed by atoms with E-state index in [0.717, 1.165) is 32.1 Å². The first-order valence-electron chi connectivity index (χ1n) is 7.38. The summed E-state index contributed by atoms with van der Waals surface area (Å²) in [6, 6.07) is 8.33. The van der Waals surface area contributed by atoms with Crippen LogP contribution in [0.25, 0.3) is 0 Å². The van der Waals surface area contributed by atoms with Crippen LogP contribution in [0.2, 0.25) is 0 Å². The molecule has 0 aliphatic heterocycles. The summed E-state index contributed by atoms with van der Waals surface area (Å²) >= 11 is 0. The molecule has 0 saturated carbocycles. The van der Waals surface area contributed by atoms with Gasteiger partial charge in [0.05, 0.1) is 13.2 Å². The van der Waals surface area contributed by atoms with Crippen LogP contribution in [0, 0.1) is 0 Å². The van der Waals surface area contributed by atoms with Gasteiger partial charge in [0.15, 0.2) is 5.96 Å². The maximum Gasteiger partial charge on any atom is 0.191 e. The van der Waals surface area contributed by atoms with Crippen molar-refractivity contribution in [1.82, 2.24) is 10.6 Å². The summed E-state index contributed by atoms with van der Waals surface area (Å²) in [6.07, 6.45) is 0.965. The SMILES string of the molecule is CCNC(=NCc1ccc(COC)cc1)NCCCOC. The molecule has 0 unspecified atom stereocenters. The Labute approximate surface area is 127 Å². The molecule has 5 nitrogen and oxygen atoms in total. The average Bonchev–Trinajstić information content (AvgIpc) is 2.51. The summed E-state index contributed by atoms with van der Waals surface area (Å²) in [6.45, 7) is 5.83. The molecule has 0 bridgehead atoms. The first kappa shape index (κ1) is 17.5. The topological polar surface area (TPSA) is 54.9 Å². The van der Waals surface area contributed by atoms with E-state index in [1.54, 1.807) is 14.2 Å². The zero-order valence-corrected chi connectivity index (χ0v) is 13.3. The van der Waals surface area contributed by atoms with E-state index in [1.807, 2.05) is 0 Å². The Hall–Kier alpha value is -1.59. The van der Waals surface area contributed by atoms with E-state index in [1.165, 1.54) is 11.1 Å². The fourth-order valence-corrected chi connectivity index (χ4v) is 1.84. The van der Waals surface area contributed by atoms with Gasteiger partial charge in [-0.25, -0.2) is 4.99 Å². The Morgan fingerprint density at radius 1 is 1.05 bits per heavy atom. The van der Waals surface area contributed by atoms with Gasteiger partial charge in [-0.1, -0.05) is 24.3 Å². The van der Waals surface area contributed by atoms with Gasteiger partial charge in [-0.05, 0) is 24.5 Å². The number of hydrogen-bond acceptors (Lipinski definition) is 3. The van der Waals surface area contributed by atoms with E-state index in [4.69, 9.17) is 9.47 Å². The number of guanidine groups is 1. The molecule has 2 N–H and O–H groups in total. The molecule has 21 heavy (non-hydrogen) atoms. The van der Waals surface area contributed by atoms with Gasteiger partial charge in [-0.3, -0.25) is 0 Å². The number of aliphatic imine (C=N–C) groups is 1. The Morgan fingerprint density at radius 2 is 1.76 bits per heavy atom. The molecular weight excluding hydrogens is 266 g/mol. The predicted octanol–water partition coefficient (Wildman–Crippen LogP) is 1.92. The minimum atomic E-state index is 0.646. The lowest BCUT2D eigenvalue weighted by atomic mass is 10.1. The third-order valence-corrected chi connectivity index (χ3v) is 2.92. The van der Waals surface area contributed by atoms with Crippen molar-refractivity contribution in [2.24, 2.45) is 4.99 Å². The van der Waals surface area contributed by atoms with Gasteiger partial charge in [0.1, 0.15) is 0 Å². The largest absolute Gasteiger partial charge is 0.385 e. The molecule has 1 rings (SSSR count). The van der Waals surface area contributed by atoms with Crippen LogP contribution < -0.4 is 10.6 Å². The second-order valence-electron chi connectivity index (χ2n) is 4.72. The van der Waals surface area contributed by atoms with Crippen LogP contribution in [0.15, 0.2) is 29.3 Å². The number of rotatable bonds is 9. The third-order valence-electron chi connectivity index (χ3n) is 2.92. The van der Waals surface area contributed by atoms with Crippen LogP contribution in [0.4, 0.5) is 0 Å². The lowest BCUT2D eigenvalue weighted by Crippen LogP contribution is -2.38. The van der Waals surface area contributed by atoms with Gasteiger partial charge in [-0.2, -0.15) is 0 Å². The van der Waals surface area contributed by atoms with Crippen molar-refractivity contribution in [3.63, 3.8) is 0 Å². The molecule has 118 valence electrons. The summed E-state index contributed by atoms with van der Waals surface area (Å²) in [5.41, 5.74) is 2.36. The molecule has 0 atom stereocenters. The number of ether oxygens (including phenoxy) is 2. The molecule has 0 radical (unpaired) electrons.